The van der Waals surface area contributed by atoms with Gasteiger partial charge in [-0.3, -0.25) is 19.2 Å². The molecular formula is C54H64Cl4N4O12S2. The summed E-state index contributed by atoms with van der Waals surface area (Å²) in [4.78, 5) is 54.3. The number of amides is 2. The molecule has 8 rings (SSSR count). The maximum Gasteiger partial charge on any atom is 0.306 e. The van der Waals surface area contributed by atoms with Gasteiger partial charge in [0.1, 0.15) is 24.4 Å². The minimum atomic E-state index is -3.69. The molecular weight excluding hydrogens is 1100 g/mol. The van der Waals surface area contributed by atoms with Gasteiger partial charge < -0.3 is 29.5 Å². The summed E-state index contributed by atoms with van der Waals surface area (Å²) in [5.41, 5.74) is 2.67. The number of carbonyl (C=O) groups is 4. The summed E-state index contributed by atoms with van der Waals surface area (Å²) >= 11 is 24.9. The molecule has 4 saturated heterocycles. The van der Waals surface area contributed by atoms with Crippen LogP contribution in [0.15, 0.2) is 97.1 Å². The van der Waals surface area contributed by atoms with Crippen molar-refractivity contribution >= 4 is 90.2 Å². The summed E-state index contributed by atoms with van der Waals surface area (Å²) in [5, 5.41) is 21.0. The van der Waals surface area contributed by atoms with Crippen LogP contribution in [0, 0.1) is 0 Å². The van der Waals surface area contributed by atoms with Crippen molar-refractivity contribution in [3.8, 4) is 0 Å². The van der Waals surface area contributed by atoms with E-state index in [2.05, 4.69) is 0 Å². The maximum absolute atomic E-state index is 13.9. The van der Waals surface area contributed by atoms with Crippen molar-refractivity contribution in [2.45, 2.75) is 140 Å². The number of sulfonamides is 2. The van der Waals surface area contributed by atoms with Crippen LogP contribution in [0.5, 0.6) is 0 Å². The lowest BCUT2D eigenvalue weighted by molar-refractivity contribution is -0.182. The molecule has 0 aliphatic carbocycles. The maximum atomic E-state index is 13.9. The number of hydrogen-bond acceptors (Lipinski definition) is 10. The standard InChI is InChI=1S/2C27H32Cl2N2O6S/c2*1-3-22(16-38(35,36)30-13-5-6-17(30)2)31-25(18-9-11-20(28)12-10-18)26(19-7-4-8-21(29)14-19)37-23(27(31)34)15-24(32)33/h2*4,7-12,14,17,22-23,25-26H,3,5-6,13,15-16H2,1-2H3,(H,32,33)/t17-,22-,23+,25+,26+;17-,22-,23-,25+,26+/m00/s1. The Hall–Kier alpha value is -4.34. The van der Waals surface area contributed by atoms with Crippen LogP contribution >= 0.6 is 46.4 Å². The van der Waals surface area contributed by atoms with E-state index in [1.165, 1.54) is 18.4 Å². The monoisotopic (exact) mass is 1160 g/mol. The van der Waals surface area contributed by atoms with Gasteiger partial charge in [-0.25, -0.2) is 16.8 Å². The van der Waals surface area contributed by atoms with Gasteiger partial charge in [-0.2, -0.15) is 8.61 Å². The largest absolute Gasteiger partial charge is 0.481 e. The van der Waals surface area contributed by atoms with Gasteiger partial charge in [0.2, 0.25) is 20.0 Å². The van der Waals surface area contributed by atoms with Gasteiger partial charge in [-0.05, 0) is 123 Å². The van der Waals surface area contributed by atoms with Crippen LogP contribution in [0.25, 0.3) is 0 Å². The van der Waals surface area contributed by atoms with Crippen LogP contribution in [-0.4, -0.2) is 130 Å². The first kappa shape index (κ1) is 59.3. The third-order valence-corrected chi connectivity index (χ3v) is 19.7. The molecule has 4 aromatic rings. The molecule has 0 saturated carbocycles. The Morgan fingerprint density at radius 2 is 0.921 bits per heavy atom. The topological polar surface area (TPSA) is 208 Å². The van der Waals surface area contributed by atoms with E-state index < -0.39 is 105 Å². The van der Waals surface area contributed by atoms with Crippen molar-refractivity contribution in [1.29, 1.82) is 0 Å². The molecule has 16 nitrogen and oxygen atoms in total. The van der Waals surface area contributed by atoms with Crippen molar-refractivity contribution < 1.29 is 55.7 Å². The molecule has 0 spiro atoms. The van der Waals surface area contributed by atoms with E-state index in [9.17, 15) is 46.2 Å². The number of rotatable bonds is 18. The number of nitrogens with zero attached hydrogens (tertiary/aromatic N) is 4. The number of carboxylic acids is 2. The molecule has 4 aliphatic heterocycles. The SMILES string of the molecule is CC[C@@H](CS(=O)(=O)N1CCC[C@@H]1C)N1C(=O)[C@@H](CC(=O)O)O[C@H](c2cccc(Cl)c2)[C@H]1c1ccc(Cl)cc1.CC[C@@H](CS(=O)(=O)N1CCC[C@@H]1C)N1C(=O)[C@H](CC(=O)O)O[C@H](c2cccc(Cl)c2)[C@H]1c1ccc(Cl)cc1. The number of carbonyl (C=O) groups excluding carboxylic acids is 2. The second-order valence-electron chi connectivity index (χ2n) is 19.8. The minimum Gasteiger partial charge on any atom is -0.481 e. The highest BCUT2D eigenvalue weighted by molar-refractivity contribution is 7.89. The summed E-state index contributed by atoms with van der Waals surface area (Å²) in [7, 11) is -7.39. The van der Waals surface area contributed by atoms with E-state index >= 15 is 0 Å². The molecule has 4 aliphatic rings. The van der Waals surface area contributed by atoms with E-state index in [4.69, 9.17) is 55.9 Å². The first-order valence-electron chi connectivity index (χ1n) is 25.4. The van der Waals surface area contributed by atoms with Crippen LogP contribution in [0.4, 0.5) is 0 Å². The molecule has 4 heterocycles. The third-order valence-electron chi connectivity index (χ3n) is 14.6. The molecule has 2 N–H and O–H groups in total. The number of hydrogen-bond donors (Lipinski definition) is 2. The second-order valence-corrected chi connectivity index (χ2v) is 25.4. The fourth-order valence-corrected chi connectivity index (χ4v) is 15.8. The van der Waals surface area contributed by atoms with Crippen LogP contribution in [-0.2, 0) is 48.7 Å². The van der Waals surface area contributed by atoms with Crippen LogP contribution in [0.2, 0.25) is 20.1 Å². The van der Waals surface area contributed by atoms with Gasteiger partial charge in [0, 0.05) is 57.3 Å². The zero-order valence-electron chi connectivity index (χ0n) is 42.6. The normalized spacial score (nSPS) is 25.5. The van der Waals surface area contributed by atoms with Crippen LogP contribution < -0.4 is 0 Å². The molecule has 76 heavy (non-hydrogen) atoms. The second kappa shape index (κ2) is 25.6. The van der Waals surface area contributed by atoms with Crippen molar-refractivity contribution in [2.24, 2.45) is 0 Å². The summed E-state index contributed by atoms with van der Waals surface area (Å²) < 4.78 is 69.6. The molecule has 0 aromatic heterocycles. The summed E-state index contributed by atoms with van der Waals surface area (Å²) in [6.07, 6.45) is -1.41. The van der Waals surface area contributed by atoms with Gasteiger partial charge in [0.05, 0.1) is 36.4 Å². The van der Waals surface area contributed by atoms with Gasteiger partial charge >= 0.3 is 11.9 Å². The predicted molar refractivity (Wildman–Crippen MR) is 291 cm³/mol. The van der Waals surface area contributed by atoms with E-state index in [1.807, 2.05) is 27.7 Å². The Bertz CT molecular complexity index is 2740. The average Bonchev–Trinajstić information content (AvgIpc) is 4.03. The zero-order valence-corrected chi connectivity index (χ0v) is 47.2. The lowest BCUT2D eigenvalue weighted by atomic mass is 9.89. The van der Waals surface area contributed by atoms with Crippen molar-refractivity contribution in [1.82, 2.24) is 18.4 Å². The van der Waals surface area contributed by atoms with Crippen LogP contribution in [0.3, 0.4) is 0 Å². The van der Waals surface area contributed by atoms with E-state index in [0.717, 1.165) is 25.7 Å². The number of aliphatic carboxylic acids is 2. The molecule has 412 valence electrons. The number of morpholine rings is 2. The first-order chi connectivity index (χ1) is 36.0. The smallest absolute Gasteiger partial charge is 0.306 e. The lowest BCUT2D eigenvalue weighted by Gasteiger charge is -2.48. The van der Waals surface area contributed by atoms with Gasteiger partial charge in [-0.1, -0.05) is 109 Å². The van der Waals surface area contributed by atoms with Gasteiger partial charge in [0.15, 0.2) is 0 Å². The Kier molecular flexibility index (Phi) is 20.0. The Morgan fingerprint density at radius 1 is 0.566 bits per heavy atom. The highest BCUT2D eigenvalue weighted by Gasteiger charge is 2.50. The fraction of sp³-hybridized carbons (Fsp3) is 0.481. The lowest BCUT2D eigenvalue weighted by Crippen LogP contribution is -2.57. The van der Waals surface area contributed by atoms with Crippen molar-refractivity contribution in [3.05, 3.63) is 139 Å². The number of carboxylic acid groups (broad SMARTS) is 2. The van der Waals surface area contributed by atoms with E-state index in [1.54, 1.807) is 97.1 Å². The quantitative estimate of drug-likeness (QED) is 0.0954. The zero-order chi connectivity index (χ0) is 55.2. The van der Waals surface area contributed by atoms with Crippen molar-refractivity contribution in [2.75, 3.05) is 24.6 Å². The fourth-order valence-electron chi connectivity index (χ4n) is 10.9. The van der Waals surface area contributed by atoms with Crippen molar-refractivity contribution in [3.63, 3.8) is 0 Å². The Morgan fingerprint density at radius 3 is 1.21 bits per heavy atom. The van der Waals surface area contributed by atoms with E-state index in [-0.39, 0.29) is 23.6 Å². The molecule has 0 radical (unpaired) electrons. The number of ether oxygens (including phenoxy) is 2. The first-order valence-corrected chi connectivity index (χ1v) is 30.2. The van der Waals surface area contributed by atoms with Gasteiger partial charge in [0.25, 0.3) is 11.8 Å². The van der Waals surface area contributed by atoms with E-state index in [0.29, 0.717) is 68.3 Å². The minimum absolute atomic E-state index is 0.107. The molecule has 10 atom stereocenters. The highest BCUT2D eigenvalue weighted by atomic mass is 35.5. The average molecular weight is 1170 g/mol. The third kappa shape index (κ3) is 13.9. The molecule has 2 amide bonds. The molecule has 4 aromatic carbocycles. The Labute approximate surface area is 465 Å². The van der Waals surface area contributed by atoms with Crippen LogP contribution in [0.1, 0.15) is 126 Å². The number of halogens is 4. The summed E-state index contributed by atoms with van der Waals surface area (Å²) in [6, 6.07) is 24.7. The predicted octanol–water partition coefficient (Wildman–Crippen LogP) is 10.1. The highest BCUT2D eigenvalue weighted by Crippen LogP contribution is 2.47. The molecule has 0 bridgehead atoms. The molecule has 22 heteroatoms. The molecule has 4 fully saturated rings. The summed E-state index contributed by atoms with van der Waals surface area (Å²) in [6.45, 7) is 8.33. The summed E-state index contributed by atoms with van der Waals surface area (Å²) in [5.74, 6) is -4.03. The Balaban J connectivity index is 0.000000221. The number of benzene rings is 4. The molecule has 0 unspecified atom stereocenters. The van der Waals surface area contributed by atoms with Gasteiger partial charge in [-0.15, -0.1) is 0 Å².